The summed E-state index contributed by atoms with van der Waals surface area (Å²) >= 11 is 0. The summed E-state index contributed by atoms with van der Waals surface area (Å²) in [5.74, 6) is 0. The third kappa shape index (κ3) is 3.28. The van der Waals surface area contributed by atoms with Crippen molar-refractivity contribution in [3.05, 3.63) is 126 Å². The lowest BCUT2D eigenvalue weighted by atomic mass is 9.59. The molecule has 0 N–H and O–H groups in total. The van der Waals surface area contributed by atoms with E-state index in [1.54, 1.807) is 0 Å². The fraction of sp³-hybridized carbons (Fsp3) is 0.220. The van der Waals surface area contributed by atoms with Crippen LogP contribution in [-0.4, -0.2) is 17.4 Å². The van der Waals surface area contributed by atoms with Crippen LogP contribution in [0.2, 0.25) is 0 Å². The summed E-state index contributed by atoms with van der Waals surface area (Å²) in [5, 5.41) is 1.29. The van der Waals surface area contributed by atoms with Crippen LogP contribution < -0.4 is 15.8 Å². The molecule has 0 saturated heterocycles. The zero-order valence-electron chi connectivity index (χ0n) is 25.8. The van der Waals surface area contributed by atoms with Gasteiger partial charge in [-0.15, -0.1) is 0 Å². The number of anilines is 2. The van der Waals surface area contributed by atoms with Crippen molar-refractivity contribution in [2.24, 2.45) is 0 Å². The molecular formula is C41H36BN2. The minimum atomic E-state index is 0.0391. The molecule has 5 aromatic carbocycles. The lowest BCUT2D eigenvalue weighted by Gasteiger charge is -2.51. The maximum Gasteiger partial charge on any atom is 0.199 e. The molecule has 6 aromatic rings. The first kappa shape index (κ1) is 26.0. The van der Waals surface area contributed by atoms with E-state index in [0.29, 0.717) is 0 Å². The van der Waals surface area contributed by atoms with Gasteiger partial charge in [0.15, 0.2) is 7.28 Å². The van der Waals surface area contributed by atoms with Gasteiger partial charge in [0, 0.05) is 33.4 Å². The molecule has 3 heterocycles. The molecule has 2 unspecified atom stereocenters. The standard InChI is InChI=1S/C41H36BN2/c1-27-15-12-20-30-35(28-16-6-4-7-17-28)38(29-18-8-5-9-19-29)43(37(27)30)33-23-14-24-34-36(33)42-32-22-13-21-31-39(32)44(34)41(3)26-11-10-25-40(31,41)2/h4-9,12-24H,10-11,25-26H2,1-3H3. The van der Waals surface area contributed by atoms with Gasteiger partial charge in [0.05, 0.1) is 16.7 Å². The molecule has 1 aromatic heterocycles. The van der Waals surface area contributed by atoms with Crippen molar-refractivity contribution in [3.8, 4) is 28.1 Å². The van der Waals surface area contributed by atoms with Crippen molar-refractivity contribution in [2.45, 2.75) is 57.4 Å². The minimum absolute atomic E-state index is 0.0391. The molecule has 1 fully saturated rings. The molecule has 3 heteroatoms. The highest BCUT2D eigenvalue weighted by molar-refractivity contribution is 6.73. The molecule has 0 bridgehead atoms. The normalized spacial score (nSPS) is 21.5. The largest absolute Gasteiger partial charge is 0.335 e. The van der Waals surface area contributed by atoms with Crippen LogP contribution in [-0.2, 0) is 5.41 Å². The molecule has 0 amide bonds. The van der Waals surface area contributed by atoms with Gasteiger partial charge in [-0.25, -0.2) is 0 Å². The predicted molar refractivity (Wildman–Crippen MR) is 187 cm³/mol. The van der Waals surface area contributed by atoms with Gasteiger partial charge in [-0.05, 0) is 66.5 Å². The molecule has 44 heavy (non-hydrogen) atoms. The Balaban J connectivity index is 1.39. The summed E-state index contributed by atoms with van der Waals surface area (Å²) in [7, 11) is 2.48. The second-order valence-corrected chi connectivity index (χ2v) is 13.5. The molecule has 9 rings (SSSR count). The second kappa shape index (κ2) is 9.25. The topological polar surface area (TPSA) is 8.17 Å². The Bertz CT molecular complexity index is 2090. The summed E-state index contributed by atoms with van der Waals surface area (Å²) in [6.07, 6.45) is 5.04. The van der Waals surface area contributed by atoms with Crippen LogP contribution in [0.15, 0.2) is 115 Å². The van der Waals surface area contributed by atoms with Crippen molar-refractivity contribution in [1.29, 1.82) is 0 Å². The van der Waals surface area contributed by atoms with Gasteiger partial charge in [-0.2, -0.15) is 0 Å². The van der Waals surface area contributed by atoms with Crippen LogP contribution in [0.4, 0.5) is 11.4 Å². The van der Waals surface area contributed by atoms with E-state index >= 15 is 0 Å². The number of aromatic nitrogens is 1. The monoisotopic (exact) mass is 567 g/mol. The number of aryl methyl sites for hydroxylation is 1. The molecule has 2 aliphatic heterocycles. The maximum atomic E-state index is 2.76. The van der Waals surface area contributed by atoms with E-state index in [9.17, 15) is 0 Å². The quantitative estimate of drug-likeness (QED) is 0.194. The number of fused-ring (bicyclic) bond motifs is 6. The highest BCUT2D eigenvalue weighted by atomic mass is 15.3. The van der Waals surface area contributed by atoms with E-state index in [1.165, 1.54) is 98.1 Å². The van der Waals surface area contributed by atoms with Crippen molar-refractivity contribution in [1.82, 2.24) is 4.57 Å². The van der Waals surface area contributed by atoms with Gasteiger partial charge < -0.3 is 9.47 Å². The molecular weight excluding hydrogens is 531 g/mol. The van der Waals surface area contributed by atoms with Crippen LogP contribution in [0.1, 0.15) is 50.7 Å². The Kier molecular flexibility index (Phi) is 5.46. The Hall–Kier alpha value is -4.50. The summed E-state index contributed by atoms with van der Waals surface area (Å²) in [5.41, 5.74) is 15.9. The van der Waals surface area contributed by atoms with Gasteiger partial charge in [0.2, 0.25) is 0 Å². The van der Waals surface area contributed by atoms with Gasteiger partial charge >= 0.3 is 0 Å². The van der Waals surface area contributed by atoms with Gasteiger partial charge in [0.25, 0.3) is 0 Å². The van der Waals surface area contributed by atoms with E-state index in [-0.39, 0.29) is 11.0 Å². The Labute approximate surface area is 261 Å². The Morgan fingerprint density at radius 3 is 2.14 bits per heavy atom. The van der Waals surface area contributed by atoms with Crippen molar-refractivity contribution in [3.63, 3.8) is 0 Å². The number of benzene rings is 5. The molecule has 1 radical (unpaired) electrons. The molecule has 1 aliphatic carbocycles. The highest BCUT2D eigenvalue weighted by Gasteiger charge is 2.59. The first-order chi connectivity index (χ1) is 21.5. The lowest BCUT2D eigenvalue weighted by molar-refractivity contribution is 0.195. The second-order valence-electron chi connectivity index (χ2n) is 13.5. The van der Waals surface area contributed by atoms with Crippen molar-refractivity contribution < 1.29 is 0 Å². The summed E-state index contributed by atoms with van der Waals surface area (Å²) < 4.78 is 2.57. The molecule has 0 spiro atoms. The van der Waals surface area contributed by atoms with Crippen LogP contribution in [0.25, 0.3) is 39.0 Å². The van der Waals surface area contributed by atoms with Crippen LogP contribution in [0.5, 0.6) is 0 Å². The van der Waals surface area contributed by atoms with Gasteiger partial charge in [0.1, 0.15) is 0 Å². The molecule has 2 nitrogen and oxygen atoms in total. The molecule has 2 atom stereocenters. The van der Waals surface area contributed by atoms with Crippen LogP contribution in [0.3, 0.4) is 0 Å². The third-order valence-corrected chi connectivity index (χ3v) is 11.3. The van der Waals surface area contributed by atoms with Gasteiger partial charge in [-0.1, -0.05) is 128 Å². The Morgan fingerprint density at radius 2 is 1.34 bits per heavy atom. The summed E-state index contributed by atoms with van der Waals surface area (Å²) in [6, 6.07) is 42.7. The van der Waals surface area contributed by atoms with Gasteiger partial charge in [-0.3, -0.25) is 0 Å². The molecule has 213 valence electrons. The number of hydrogen-bond donors (Lipinski definition) is 0. The number of rotatable bonds is 3. The van der Waals surface area contributed by atoms with Crippen LogP contribution in [0, 0.1) is 6.92 Å². The number of hydrogen-bond acceptors (Lipinski definition) is 1. The molecule has 3 aliphatic rings. The first-order valence-corrected chi connectivity index (χ1v) is 16.2. The van der Waals surface area contributed by atoms with Crippen molar-refractivity contribution >= 4 is 40.5 Å². The SMILES string of the molecule is Cc1cccc2c(-c3ccccc3)c(-c3ccccc3)n(-c3cccc4c3[B]c3cccc5c3N4C3(C)CCCCC53C)c12. The van der Waals surface area contributed by atoms with Crippen LogP contribution >= 0.6 is 0 Å². The number of para-hydroxylation sites is 2. The Morgan fingerprint density at radius 1 is 0.659 bits per heavy atom. The zero-order valence-corrected chi connectivity index (χ0v) is 25.8. The van der Waals surface area contributed by atoms with E-state index < -0.39 is 0 Å². The first-order valence-electron chi connectivity index (χ1n) is 16.2. The van der Waals surface area contributed by atoms with E-state index in [0.717, 1.165) is 0 Å². The zero-order chi connectivity index (χ0) is 29.6. The fourth-order valence-corrected chi connectivity index (χ4v) is 9.03. The van der Waals surface area contributed by atoms with E-state index in [1.807, 2.05) is 0 Å². The maximum absolute atomic E-state index is 2.76. The molecule has 1 saturated carbocycles. The summed E-state index contributed by atoms with van der Waals surface area (Å²) in [6.45, 7) is 7.33. The van der Waals surface area contributed by atoms with Crippen molar-refractivity contribution in [2.75, 3.05) is 4.90 Å². The predicted octanol–water partition coefficient (Wildman–Crippen LogP) is 8.98. The smallest absolute Gasteiger partial charge is 0.199 e. The summed E-state index contributed by atoms with van der Waals surface area (Å²) in [4.78, 5) is 2.76. The average Bonchev–Trinajstić information content (AvgIpc) is 3.51. The van der Waals surface area contributed by atoms with E-state index in [2.05, 4.69) is 153 Å². The lowest BCUT2D eigenvalue weighted by Crippen LogP contribution is -2.57. The third-order valence-electron chi connectivity index (χ3n) is 11.3. The average molecular weight is 568 g/mol. The number of nitrogens with zero attached hydrogens (tertiary/aromatic N) is 2. The van der Waals surface area contributed by atoms with E-state index in [4.69, 9.17) is 0 Å². The minimum Gasteiger partial charge on any atom is -0.335 e. The fourth-order valence-electron chi connectivity index (χ4n) is 9.03. The highest BCUT2D eigenvalue weighted by Crippen LogP contribution is 2.60.